The van der Waals surface area contributed by atoms with Crippen LogP contribution in [0.5, 0.6) is 0 Å². The molecule has 0 saturated carbocycles. The number of hydrogen-bond acceptors (Lipinski definition) is 2. The highest BCUT2D eigenvalue weighted by Crippen LogP contribution is 2.21. The van der Waals surface area contributed by atoms with Gasteiger partial charge in [-0.15, -0.1) is 0 Å². The number of benzene rings is 1. The summed E-state index contributed by atoms with van der Waals surface area (Å²) in [6, 6.07) is 8.78. The van der Waals surface area contributed by atoms with Crippen LogP contribution in [0.2, 0.25) is 0 Å². The van der Waals surface area contributed by atoms with Crippen molar-refractivity contribution < 1.29 is 0 Å². The molecule has 1 aromatic rings. The normalized spacial score (nSPS) is 18.6. The molecule has 2 nitrogen and oxygen atoms in total. The molecule has 76 valence electrons. The molecule has 14 heavy (non-hydrogen) atoms. The average molecular weight is 190 g/mol. The third kappa shape index (κ3) is 1.90. The molecule has 0 unspecified atom stereocenters. The highest BCUT2D eigenvalue weighted by Gasteiger charge is 2.11. The van der Waals surface area contributed by atoms with Crippen LogP contribution in [0, 0.1) is 0 Å². The van der Waals surface area contributed by atoms with Crippen LogP contribution in [-0.4, -0.2) is 13.1 Å². The summed E-state index contributed by atoms with van der Waals surface area (Å²) in [6.45, 7) is 4.43. The number of nitrogens with two attached hydrogens (primary N) is 1. The van der Waals surface area contributed by atoms with Crippen LogP contribution in [0.3, 0.4) is 0 Å². The van der Waals surface area contributed by atoms with Gasteiger partial charge in [-0.2, -0.15) is 0 Å². The number of hydrogen-bond donors (Lipinski definition) is 1. The van der Waals surface area contributed by atoms with Gasteiger partial charge in [0.25, 0.3) is 0 Å². The second kappa shape index (κ2) is 4.01. The molecule has 1 aliphatic rings. The smallest absolute Gasteiger partial charge is 0.0366 e. The summed E-state index contributed by atoms with van der Waals surface area (Å²) in [4.78, 5) is 2.44. The van der Waals surface area contributed by atoms with E-state index in [-0.39, 0.29) is 6.04 Å². The molecule has 1 fully saturated rings. The van der Waals surface area contributed by atoms with Crippen molar-refractivity contribution in [1.29, 1.82) is 0 Å². The van der Waals surface area contributed by atoms with Gasteiger partial charge in [-0.05, 0) is 37.5 Å². The minimum absolute atomic E-state index is 0.141. The van der Waals surface area contributed by atoms with Crippen molar-refractivity contribution in [3.05, 3.63) is 29.8 Å². The molecule has 1 heterocycles. The number of nitrogens with zero attached hydrogens (tertiary/aromatic N) is 1. The molecule has 1 saturated heterocycles. The van der Waals surface area contributed by atoms with E-state index >= 15 is 0 Å². The van der Waals surface area contributed by atoms with Gasteiger partial charge in [0.15, 0.2) is 0 Å². The lowest BCUT2D eigenvalue weighted by molar-refractivity contribution is 0.817. The summed E-state index contributed by atoms with van der Waals surface area (Å²) in [5.74, 6) is 0. The minimum Gasteiger partial charge on any atom is -0.372 e. The minimum atomic E-state index is 0.141. The molecule has 2 rings (SSSR count). The molecule has 1 atom stereocenters. The predicted octanol–water partition coefficient (Wildman–Crippen LogP) is 2.31. The first-order valence-electron chi connectivity index (χ1n) is 5.38. The van der Waals surface area contributed by atoms with Crippen molar-refractivity contribution >= 4 is 5.69 Å². The summed E-state index contributed by atoms with van der Waals surface area (Å²) in [5.41, 5.74) is 8.36. The fourth-order valence-electron chi connectivity index (χ4n) is 1.96. The zero-order valence-corrected chi connectivity index (χ0v) is 8.74. The quantitative estimate of drug-likeness (QED) is 0.775. The Morgan fingerprint density at radius 3 is 2.21 bits per heavy atom. The van der Waals surface area contributed by atoms with E-state index in [2.05, 4.69) is 29.2 Å². The zero-order chi connectivity index (χ0) is 9.97. The fraction of sp³-hybridized carbons (Fsp3) is 0.500. The molecule has 1 aromatic carbocycles. The average Bonchev–Trinajstić information content (AvgIpc) is 2.71. The molecule has 0 amide bonds. The van der Waals surface area contributed by atoms with Crippen molar-refractivity contribution in [2.24, 2.45) is 5.73 Å². The number of rotatable bonds is 2. The highest BCUT2D eigenvalue weighted by molar-refractivity contribution is 5.48. The van der Waals surface area contributed by atoms with Crippen molar-refractivity contribution in [3.63, 3.8) is 0 Å². The summed E-state index contributed by atoms with van der Waals surface area (Å²) in [6.07, 6.45) is 2.66. The molecule has 1 aliphatic heterocycles. The van der Waals surface area contributed by atoms with Gasteiger partial charge in [0, 0.05) is 24.8 Å². The maximum atomic E-state index is 5.80. The molecule has 2 N–H and O–H groups in total. The Morgan fingerprint density at radius 1 is 1.14 bits per heavy atom. The van der Waals surface area contributed by atoms with Gasteiger partial charge in [0.05, 0.1) is 0 Å². The first kappa shape index (κ1) is 9.53. The van der Waals surface area contributed by atoms with Crippen LogP contribution >= 0.6 is 0 Å². The van der Waals surface area contributed by atoms with Crippen LogP contribution in [0.25, 0.3) is 0 Å². The van der Waals surface area contributed by atoms with Crippen molar-refractivity contribution in [2.75, 3.05) is 18.0 Å². The Bertz CT molecular complexity index is 284. The Balaban J connectivity index is 2.12. The van der Waals surface area contributed by atoms with Gasteiger partial charge >= 0.3 is 0 Å². The molecule has 2 heteroatoms. The molecular formula is C12H18N2. The van der Waals surface area contributed by atoms with Crippen molar-refractivity contribution in [2.45, 2.75) is 25.8 Å². The maximum absolute atomic E-state index is 5.80. The summed E-state index contributed by atoms with van der Waals surface area (Å²) in [5, 5.41) is 0. The van der Waals surface area contributed by atoms with Gasteiger partial charge in [-0.3, -0.25) is 0 Å². The SMILES string of the molecule is C[C@H](N)c1ccc(N2CCCC2)cc1. The second-order valence-electron chi connectivity index (χ2n) is 4.07. The second-order valence-corrected chi connectivity index (χ2v) is 4.07. The van der Waals surface area contributed by atoms with Gasteiger partial charge in [0.1, 0.15) is 0 Å². The maximum Gasteiger partial charge on any atom is 0.0366 e. The monoisotopic (exact) mass is 190 g/mol. The van der Waals surface area contributed by atoms with Crippen LogP contribution in [0.1, 0.15) is 31.4 Å². The van der Waals surface area contributed by atoms with E-state index in [1.165, 1.54) is 37.2 Å². The third-order valence-corrected chi connectivity index (χ3v) is 2.89. The van der Waals surface area contributed by atoms with Crippen molar-refractivity contribution in [1.82, 2.24) is 0 Å². The Morgan fingerprint density at radius 2 is 1.71 bits per heavy atom. The predicted molar refractivity (Wildman–Crippen MR) is 60.5 cm³/mol. The molecule has 0 aromatic heterocycles. The van der Waals surface area contributed by atoms with E-state index in [1.807, 2.05) is 6.92 Å². The first-order chi connectivity index (χ1) is 6.77. The summed E-state index contributed by atoms with van der Waals surface area (Å²) < 4.78 is 0. The molecule has 0 spiro atoms. The van der Waals surface area contributed by atoms with E-state index in [0.29, 0.717) is 0 Å². The van der Waals surface area contributed by atoms with Gasteiger partial charge < -0.3 is 10.6 Å². The van der Waals surface area contributed by atoms with Crippen molar-refractivity contribution in [3.8, 4) is 0 Å². The molecule has 0 radical (unpaired) electrons. The largest absolute Gasteiger partial charge is 0.372 e. The zero-order valence-electron chi connectivity index (χ0n) is 8.74. The van der Waals surface area contributed by atoms with E-state index in [1.54, 1.807) is 0 Å². The van der Waals surface area contributed by atoms with E-state index in [0.717, 1.165) is 0 Å². The lowest BCUT2D eigenvalue weighted by Gasteiger charge is -2.18. The summed E-state index contributed by atoms with van der Waals surface area (Å²) >= 11 is 0. The van der Waals surface area contributed by atoms with Gasteiger partial charge in [-0.25, -0.2) is 0 Å². The lowest BCUT2D eigenvalue weighted by Crippen LogP contribution is -2.17. The molecular weight excluding hydrogens is 172 g/mol. The number of anilines is 1. The Kier molecular flexibility index (Phi) is 2.73. The van der Waals surface area contributed by atoms with Gasteiger partial charge in [-0.1, -0.05) is 12.1 Å². The highest BCUT2D eigenvalue weighted by atomic mass is 15.1. The topological polar surface area (TPSA) is 29.3 Å². The Hall–Kier alpha value is -1.02. The molecule has 0 bridgehead atoms. The van der Waals surface area contributed by atoms with Crippen LogP contribution in [-0.2, 0) is 0 Å². The third-order valence-electron chi connectivity index (χ3n) is 2.89. The Labute approximate surface area is 85.7 Å². The summed E-state index contributed by atoms with van der Waals surface area (Å²) in [7, 11) is 0. The lowest BCUT2D eigenvalue weighted by atomic mass is 10.1. The van der Waals surface area contributed by atoms with E-state index in [9.17, 15) is 0 Å². The van der Waals surface area contributed by atoms with Gasteiger partial charge in [0.2, 0.25) is 0 Å². The molecule has 0 aliphatic carbocycles. The first-order valence-corrected chi connectivity index (χ1v) is 5.38. The van der Waals surface area contributed by atoms with E-state index in [4.69, 9.17) is 5.73 Å². The van der Waals surface area contributed by atoms with Crippen LogP contribution < -0.4 is 10.6 Å². The van der Waals surface area contributed by atoms with Crippen LogP contribution in [0.4, 0.5) is 5.69 Å². The standard InChI is InChI=1S/C12H18N2/c1-10(13)11-4-6-12(7-5-11)14-8-2-3-9-14/h4-7,10H,2-3,8-9,13H2,1H3/t10-/m0/s1. The fourth-order valence-corrected chi connectivity index (χ4v) is 1.96. The van der Waals surface area contributed by atoms with Crippen LogP contribution in [0.15, 0.2) is 24.3 Å². The van der Waals surface area contributed by atoms with E-state index < -0.39 is 0 Å².